The van der Waals surface area contributed by atoms with E-state index in [1.54, 1.807) is 29.2 Å². The number of aldehydes is 1. The van der Waals surface area contributed by atoms with Crippen molar-refractivity contribution in [2.24, 2.45) is 0 Å². The Kier molecular flexibility index (Phi) is 4.62. The molecule has 25 heavy (non-hydrogen) atoms. The molecule has 0 spiro atoms. The van der Waals surface area contributed by atoms with Crippen LogP contribution in [0.2, 0.25) is 0 Å². The van der Waals surface area contributed by atoms with Gasteiger partial charge in [-0.05, 0) is 56.0 Å². The first kappa shape index (κ1) is 17.2. The zero-order chi connectivity index (χ0) is 18.0. The first-order chi connectivity index (χ1) is 12.0. The number of likely N-dealkylation sites (N-methyl/N-ethyl adjacent to an activating group) is 1. The summed E-state index contributed by atoms with van der Waals surface area (Å²) < 4.78 is 5.59. The summed E-state index contributed by atoms with van der Waals surface area (Å²) in [7, 11) is 1.82. The number of nitrogens with zero attached hydrogens (tertiary/aromatic N) is 1. The minimum atomic E-state index is -0.319. The highest BCUT2D eigenvalue weighted by Gasteiger charge is 2.39. The van der Waals surface area contributed by atoms with Crippen LogP contribution in [0.15, 0.2) is 42.5 Å². The number of carbonyl (C=O) groups excluding carboxylic acids is 2. The lowest BCUT2D eigenvalue weighted by Gasteiger charge is -2.36. The molecule has 0 bridgehead atoms. The quantitative estimate of drug-likeness (QED) is 0.784. The lowest BCUT2D eigenvalue weighted by Crippen LogP contribution is -2.48. The van der Waals surface area contributed by atoms with Gasteiger partial charge in [0.15, 0.2) is 6.29 Å². The van der Waals surface area contributed by atoms with Crippen molar-refractivity contribution in [3.8, 4) is 5.75 Å². The summed E-state index contributed by atoms with van der Waals surface area (Å²) in [5.41, 5.74) is 3.02. The highest BCUT2D eigenvalue weighted by atomic mass is 16.5. The second-order valence-electron chi connectivity index (χ2n) is 6.78. The van der Waals surface area contributed by atoms with Crippen molar-refractivity contribution in [1.29, 1.82) is 0 Å². The number of fused-ring (bicyclic) bond motifs is 1. The van der Waals surface area contributed by atoms with E-state index in [1.165, 1.54) is 11.1 Å². The van der Waals surface area contributed by atoms with E-state index in [4.69, 9.17) is 4.74 Å². The molecule has 4 heteroatoms. The number of amides is 1. The Hall–Kier alpha value is -2.62. The van der Waals surface area contributed by atoms with Gasteiger partial charge < -0.3 is 9.64 Å². The molecule has 0 fully saturated rings. The van der Waals surface area contributed by atoms with E-state index in [-0.39, 0.29) is 11.4 Å². The SMILES string of the molecule is CCOc1ccc2c(c1)CC(C)(N(C)C(=O)c1ccccc1C=O)C2. The fraction of sp³-hybridized carbons (Fsp3) is 0.333. The number of ether oxygens (including phenoxy) is 1. The van der Waals surface area contributed by atoms with E-state index in [9.17, 15) is 9.59 Å². The van der Waals surface area contributed by atoms with E-state index in [2.05, 4.69) is 19.1 Å². The molecule has 3 rings (SSSR count). The highest BCUT2D eigenvalue weighted by molar-refractivity contribution is 6.01. The molecular formula is C21H23NO3. The first-order valence-electron chi connectivity index (χ1n) is 8.55. The molecule has 2 aromatic rings. The van der Waals surface area contributed by atoms with Crippen molar-refractivity contribution in [3.05, 3.63) is 64.7 Å². The number of hydrogen-bond acceptors (Lipinski definition) is 3. The van der Waals surface area contributed by atoms with Crippen LogP contribution in [-0.4, -0.2) is 36.3 Å². The molecule has 0 aliphatic heterocycles. The number of carbonyl (C=O) groups is 2. The summed E-state index contributed by atoms with van der Waals surface area (Å²) >= 11 is 0. The summed E-state index contributed by atoms with van der Waals surface area (Å²) in [6, 6.07) is 13.1. The Morgan fingerprint density at radius 3 is 2.64 bits per heavy atom. The van der Waals surface area contributed by atoms with Crippen LogP contribution in [0.4, 0.5) is 0 Å². The van der Waals surface area contributed by atoms with Crippen LogP contribution in [-0.2, 0) is 12.8 Å². The molecule has 2 aromatic carbocycles. The average Bonchev–Trinajstić information content (AvgIpc) is 2.97. The second-order valence-corrected chi connectivity index (χ2v) is 6.78. The van der Waals surface area contributed by atoms with Crippen LogP contribution in [0.3, 0.4) is 0 Å². The van der Waals surface area contributed by atoms with E-state index >= 15 is 0 Å². The number of rotatable bonds is 5. The number of hydrogen-bond donors (Lipinski definition) is 0. The van der Waals surface area contributed by atoms with Gasteiger partial charge in [0.1, 0.15) is 5.75 Å². The summed E-state index contributed by atoms with van der Waals surface area (Å²) in [6.45, 7) is 4.69. The Morgan fingerprint density at radius 1 is 1.20 bits per heavy atom. The van der Waals surface area contributed by atoms with Crippen LogP contribution in [0.1, 0.15) is 45.7 Å². The van der Waals surface area contributed by atoms with Gasteiger partial charge in [0.25, 0.3) is 5.91 Å². The maximum Gasteiger partial charge on any atom is 0.254 e. The molecule has 130 valence electrons. The fourth-order valence-corrected chi connectivity index (χ4v) is 3.54. The largest absolute Gasteiger partial charge is 0.494 e. The molecule has 0 saturated heterocycles. The highest BCUT2D eigenvalue weighted by Crippen LogP contribution is 2.36. The van der Waals surface area contributed by atoms with E-state index in [1.807, 2.05) is 20.0 Å². The van der Waals surface area contributed by atoms with Gasteiger partial charge in [-0.1, -0.05) is 24.3 Å². The van der Waals surface area contributed by atoms with E-state index in [0.29, 0.717) is 17.7 Å². The van der Waals surface area contributed by atoms with Crippen LogP contribution in [0.25, 0.3) is 0 Å². The maximum atomic E-state index is 13.0. The average molecular weight is 337 g/mol. The van der Waals surface area contributed by atoms with E-state index in [0.717, 1.165) is 24.9 Å². The van der Waals surface area contributed by atoms with E-state index < -0.39 is 0 Å². The minimum Gasteiger partial charge on any atom is -0.494 e. The first-order valence-corrected chi connectivity index (χ1v) is 8.55. The fourth-order valence-electron chi connectivity index (χ4n) is 3.54. The topological polar surface area (TPSA) is 46.6 Å². The lowest BCUT2D eigenvalue weighted by molar-refractivity contribution is 0.0610. The molecule has 4 nitrogen and oxygen atoms in total. The minimum absolute atomic E-state index is 0.122. The molecule has 1 aliphatic rings. The van der Waals surface area contributed by atoms with Gasteiger partial charge in [-0.15, -0.1) is 0 Å². The van der Waals surface area contributed by atoms with Crippen LogP contribution < -0.4 is 4.74 Å². The van der Waals surface area contributed by atoms with Gasteiger partial charge in [-0.25, -0.2) is 0 Å². The Labute approximate surface area is 148 Å². The van der Waals surface area contributed by atoms with Crippen LogP contribution in [0, 0.1) is 0 Å². The Morgan fingerprint density at radius 2 is 1.92 bits per heavy atom. The van der Waals surface area contributed by atoms with Crippen molar-refractivity contribution in [3.63, 3.8) is 0 Å². The zero-order valence-electron chi connectivity index (χ0n) is 14.9. The molecule has 0 saturated carbocycles. The summed E-state index contributed by atoms with van der Waals surface area (Å²) in [4.78, 5) is 26.0. The van der Waals surface area contributed by atoms with Crippen molar-refractivity contribution < 1.29 is 14.3 Å². The van der Waals surface area contributed by atoms with Crippen LogP contribution >= 0.6 is 0 Å². The Balaban J connectivity index is 1.86. The van der Waals surface area contributed by atoms with Gasteiger partial charge in [0.05, 0.1) is 12.2 Å². The smallest absolute Gasteiger partial charge is 0.254 e. The van der Waals surface area contributed by atoms with Crippen molar-refractivity contribution in [2.75, 3.05) is 13.7 Å². The van der Waals surface area contributed by atoms with Gasteiger partial charge in [0, 0.05) is 18.2 Å². The van der Waals surface area contributed by atoms with Crippen molar-refractivity contribution in [2.45, 2.75) is 32.2 Å². The summed E-state index contributed by atoms with van der Waals surface area (Å²) in [6.07, 6.45) is 2.30. The predicted molar refractivity (Wildman–Crippen MR) is 97.3 cm³/mol. The summed E-state index contributed by atoms with van der Waals surface area (Å²) in [5.74, 6) is 0.744. The van der Waals surface area contributed by atoms with Gasteiger partial charge in [0.2, 0.25) is 0 Å². The second kappa shape index (κ2) is 6.71. The predicted octanol–water partition coefficient (Wildman–Crippen LogP) is 3.53. The Bertz CT molecular complexity index is 815. The molecule has 0 radical (unpaired) electrons. The van der Waals surface area contributed by atoms with Crippen molar-refractivity contribution in [1.82, 2.24) is 4.90 Å². The van der Waals surface area contributed by atoms with Gasteiger partial charge >= 0.3 is 0 Å². The lowest BCUT2D eigenvalue weighted by atomic mass is 9.95. The molecule has 0 N–H and O–H groups in total. The molecule has 0 aromatic heterocycles. The maximum absolute atomic E-state index is 13.0. The third kappa shape index (κ3) is 3.16. The molecule has 1 aliphatic carbocycles. The summed E-state index contributed by atoms with van der Waals surface area (Å²) in [5, 5.41) is 0. The third-order valence-corrected chi connectivity index (χ3v) is 5.06. The van der Waals surface area contributed by atoms with Crippen LogP contribution in [0.5, 0.6) is 5.75 Å². The third-order valence-electron chi connectivity index (χ3n) is 5.06. The normalized spacial score (nSPS) is 18.5. The molecule has 1 amide bonds. The van der Waals surface area contributed by atoms with Gasteiger partial charge in [-0.3, -0.25) is 9.59 Å². The molecular weight excluding hydrogens is 314 g/mol. The zero-order valence-corrected chi connectivity index (χ0v) is 14.9. The molecule has 1 atom stereocenters. The monoisotopic (exact) mass is 337 g/mol. The van der Waals surface area contributed by atoms with Gasteiger partial charge in [-0.2, -0.15) is 0 Å². The standard InChI is InChI=1S/C21H23NO3/c1-4-25-18-10-9-15-12-21(2,13-17(15)11-18)22(3)20(24)19-8-6-5-7-16(19)14-23/h5-11,14H,4,12-13H2,1-3H3. The van der Waals surface area contributed by atoms with Crippen molar-refractivity contribution >= 4 is 12.2 Å². The number of benzene rings is 2. The molecule has 1 unspecified atom stereocenters. The molecule has 0 heterocycles.